The third-order valence-electron chi connectivity index (χ3n) is 7.16. The molecule has 146 valence electrons. The Hall–Kier alpha value is -2.29. The molecular weight excluding hydrogens is 344 g/mol. The number of rotatable bonds is 2. The van der Waals surface area contributed by atoms with Gasteiger partial charge in [0.1, 0.15) is 0 Å². The summed E-state index contributed by atoms with van der Waals surface area (Å²) >= 11 is 0. The van der Waals surface area contributed by atoms with Gasteiger partial charge in [0, 0.05) is 37.3 Å². The maximum absolute atomic E-state index is 13.6. The Balaban J connectivity index is 1.42. The fraction of sp³-hybridized carbons (Fsp3) is 0.480. The Morgan fingerprint density at radius 2 is 1.61 bits per heavy atom. The zero-order valence-electron chi connectivity index (χ0n) is 16.7. The van der Waals surface area contributed by atoms with Crippen LogP contribution in [0.4, 0.5) is 5.69 Å². The minimum Gasteiger partial charge on any atom is -0.371 e. The van der Waals surface area contributed by atoms with Gasteiger partial charge in [-0.15, -0.1) is 0 Å². The Morgan fingerprint density at radius 3 is 2.50 bits per heavy atom. The van der Waals surface area contributed by atoms with Gasteiger partial charge in [0.15, 0.2) is 0 Å². The van der Waals surface area contributed by atoms with Gasteiger partial charge < -0.3 is 9.80 Å². The van der Waals surface area contributed by atoms with E-state index in [1.807, 2.05) is 12.1 Å². The molecule has 0 aromatic heterocycles. The van der Waals surface area contributed by atoms with Crippen LogP contribution in [0.5, 0.6) is 0 Å². The van der Waals surface area contributed by atoms with Gasteiger partial charge in [0.05, 0.1) is 5.56 Å². The molecule has 0 bridgehead atoms. The third kappa shape index (κ3) is 3.01. The molecule has 2 saturated heterocycles. The molecule has 1 unspecified atom stereocenters. The number of likely N-dealkylation sites (tertiary alicyclic amines) is 1. The summed E-state index contributed by atoms with van der Waals surface area (Å²) in [6.45, 7) is 3.90. The first kappa shape index (κ1) is 17.8. The number of amides is 1. The lowest BCUT2D eigenvalue weighted by atomic mass is 9.75. The smallest absolute Gasteiger partial charge is 0.255 e. The number of benzene rings is 2. The highest BCUT2D eigenvalue weighted by molar-refractivity contribution is 6.00. The maximum Gasteiger partial charge on any atom is 0.255 e. The highest BCUT2D eigenvalue weighted by Crippen LogP contribution is 2.45. The lowest BCUT2D eigenvalue weighted by Crippen LogP contribution is -2.48. The Bertz CT molecular complexity index is 866. The average molecular weight is 375 g/mol. The van der Waals surface area contributed by atoms with Crippen LogP contribution in [0.1, 0.15) is 60.0 Å². The summed E-state index contributed by atoms with van der Waals surface area (Å²) in [7, 11) is 0. The van der Waals surface area contributed by atoms with Gasteiger partial charge in [-0.3, -0.25) is 4.79 Å². The van der Waals surface area contributed by atoms with Crippen molar-refractivity contribution in [2.24, 2.45) is 0 Å². The van der Waals surface area contributed by atoms with E-state index in [0.717, 1.165) is 50.3 Å². The van der Waals surface area contributed by atoms with Crippen molar-refractivity contribution >= 4 is 11.6 Å². The van der Waals surface area contributed by atoms with Gasteiger partial charge in [-0.25, -0.2) is 0 Å². The SMILES string of the molecule is O=C(c1ccccc1N1CCCCC1)N1CCCC2(CCc3ccccc32)C1. The molecule has 1 amide bonds. The van der Waals surface area contributed by atoms with E-state index in [1.165, 1.54) is 43.2 Å². The number of piperidine rings is 2. The molecule has 2 fully saturated rings. The van der Waals surface area contributed by atoms with E-state index in [2.05, 4.69) is 46.2 Å². The fourth-order valence-electron chi connectivity index (χ4n) is 5.73. The number of para-hydroxylation sites is 1. The van der Waals surface area contributed by atoms with Gasteiger partial charge in [-0.1, -0.05) is 36.4 Å². The molecule has 1 aliphatic carbocycles. The number of nitrogens with zero attached hydrogens (tertiary/aromatic N) is 2. The first-order chi connectivity index (χ1) is 13.8. The third-order valence-corrected chi connectivity index (χ3v) is 7.16. The summed E-state index contributed by atoms with van der Waals surface area (Å²) in [5.74, 6) is 0.227. The van der Waals surface area contributed by atoms with Crippen LogP contribution in [-0.2, 0) is 11.8 Å². The molecule has 3 aliphatic rings. The molecule has 0 saturated carbocycles. The highest BCUT2D eigenvalue weighted by atomic mass is 16.2. The summed E-state index contributed by atoms with van der Waals surface area (Å²) < 4.78 is 0. The van der Waals surface area contributed by atoms with Crippen LogP contribution in [0.2, 0.25) is 0 Å². The number of carbonyl (C=O) groups is 1. The van der Waals surface area contributed by atoms with Crippen LogP contribution in [-0.4, -0.2) is 37.0 Å². The van der Waals surface area contributed by atoms with Crippen molar-refractivity contribution < 1.29 is 4.79 Å². The minimum absolute atomic E-state index is 0.171. The largest absolute Gasteiger partial charge is 0.371 e. The second-order valence-corrected chi connectivity index (χ2v) is 8.83. The number of hydrogen-bond donors (Lipinski definition) is 0. The van der Waals surface area contributed by atoms with Gasteiger partial charge in [0.2, 0.25) is 0 Å². The van der Waals surface area contributed by atoms with E-state index in [0.29, 0.717) is 0 Å². The van der Waals surface area contributed by atoms with Crippen molar-refractivity contribution in [3.8, 4) is 0 Å². The van der Waals surface area contributed by atoms with Gasteiger partial charge in [-0.05, 0) is 68.2 Å². The van der Waals surface area contributed by atoms with E-state index in [-0.39, 0.29) is 11.3 Å². The summed E-state index contributed by atoms with van der Waals surface area (Å²) in [4.78, 5) is 18.2. The van der Waals surface area contributed by atoms with Gasteiger partial charge in [-0.2, -0.15) is 0 Å². The molecule has 2 aliphatic heterocycles. The highest BCUT2D eigenvalue weighted by Gasteiger charge is 2.43. The van der Waals surface area contributed by atoms with Crippen molar-refractivity contribution in [2.45, 2.75) is 50.4 Å². The molecule has 2 aromatic carbocycles. The molecule has 3 heteroatoms. The normalized spacial score (nSPS) is 24.4. The van der Waals surface area contributed by atoms with Crippen LogP contribution in [0.25, 0.3) is 0 Å². The zero-order chi connectivity index (χ0) is 19.0. The molecule has 5 rings (SSSR count). The standard InChI is InChI=1S/C25H30N2O/c28-24(21-10-3-5-12-23(21)26-16-6-1-7-17-26)27-18-8-14-25(19-27)15-13-20-9-2-4-11-22(20)25/h2-5,9-12H,1,6-8,13-19H2. The second kappa shape index (κ2) is 7.27. The van der Waals surface area contributed by atoms with Crippen molar-refractivity contribution in [3.63, 3.8) is 0 Å². The van der Waals surface area contributed by atoms with Gasteiger partial charge in [0.25, 0.3) is 5.91 Å². The van der Waals surface area contributed by atoms with Crippen molar-refractivity contribution in [3.05, 3.63) is 65.2 Å². The van der Waals surface area contributed by atoms with Crippen LogP contribution in [0, 0.1) is 0 Å². The molecule has 2 heterocycles. The summed E-state index contributed by atoms with van der Waals surface area (Å²) in [6.07, 6.45) is 8.42. The maximum atomic E-state index is 13.6. The summed E-state index contributed by atoms with van der Waals surface area (Å²) in [6, 6.07) is 17.2. The summed E-state index contributed by atoms with van der Waals surface area (Å²) in [5, 5.41) is 0. The topological polar surface area (TPSA) is 23.6 Å². The Morgan fingerprint density at radius 1 is 0.821 bits per heavy atom. The van der Waals surface area contributed by atoms with Crippen LogP contribution < -0.4 is 4.90 Å². The Kier molecular flexibility index (Phi) is 4.62. The number of anilines is 1. The first-order valence-electron chi connectivity index (χ1n) is 11.0. The molecule has 2 aromatic rings. The van der Waals surface area contributed by atoms with E-state index >= 15 is 0 Å². The van der Waals surface area contributed by atoms with E-state index in [4.69, 9.17) is 0 Å². The fourth-order valence-corrected chi connectivity index (χ4v) is 5.73. The average Bonchev–Trinajstić information content (AvgIpc) is 3.12. The van der Waals surface area contributed by atoms with Crippen molar-refractivity contribution in [2.75, 3.05) is 31.1 Å². The monoisotopic (exact) mass is 374 g/mol. The number of fused-ring (bicyclic) bond motifs is 2. The van der Waals surface area contributed by atoms with Gasteiger partial charge >= 0.3 is 0 Å². The first-order valence-corrected chi connectivity index (χ1v) is 11.0. The molecule has 28 heavy (non-hydrogen) atoms. The summed E-state index contributed by atoms with van der Waals surface area (Å²) in [5.41, 5.74) is 5.19. The second-order valence-electron chi connectivity index (χ2n) is 8.83. The van der Waals surface area contributed by atoms with Crippen molar-refractivity contribution in [1.29, 1.82) is 0 Å². The lowest BCUT2D eigenvalue weighted by molar-refractivity contribution is 0.0637. The van der Waals surface area contributed by atoms with Crippen molar-refractivity contribution in [1.82, 2.24) is 4.90 Å². The number of hydrogen-bond acceptors (Lipinski definition) is 2. The van der Waals surface area contributed by atoms with Crippen LogP contribution >= 0.6 is 0 Å². The quantitative estimate of drug-likeness (QED) is 0.754. The number of aryl methyl sites for hydroxylation is 1. The van der Waals surface area contributed by atoms with Crippen LogP contribution in [0.3, 0.4) is 0 Å². The molecule has 3 nitrogen and oxygen atoms in total. The van der Waals surface area contributed by atoms with E-state index < -0.39 is 0 Å². The lowest BCUT2D eigenvalue weighted by Gasteiger charge is -2.42. The number of carbonyl (C=O) groups excluding carboxylic acids is 1. The predicted octanol–water partition coefficient (Wildman–Crippen LogP) is 4.80. The molecule has 1 spiro atoms. The molecule has 0 N–H and O–H groups in total. The molecule has 0 radical (unpaired) electrons. The van der Waals surface area contributed by atoms with Crippen LogP contribution in [0.15, 0.2) is 48.5 Å². The zero-order valence-corrected chi connectivity index (χ0v) is 16.7. The Labute approximate surface area is 168 Å². The minimum atomic E-state index is 0.171. The van der Waals surface area contributed by atoms with E-state index in [1.54, 1.807) is 0 Å². The molecule has 1 atom stereocenters. The predicted molar refractivity (Wildman–Crippen MR) is 114 cm³/mol. The van der Waals surface area contributed by atoms with E-state index in [9.17, 15) is 4.79 Å². The molecular formula is C25H30N2O.